The van der Waals surface area contributed by atoms with Crippen LogP contribution in [0.3, 0.4) is 0 Å². The fraction of sp³-hybridized carbons (Fsp3) is 0.357. The first-order chi connectivity index (χ1) is 8.63. The first-order valence-corrected chi connectivity index (χ1v) is 6.10. The molecule has 0 aliphatic rings. The van der Waals surface area contributed by atoms with Gasteiger partial charge in [-0.2, -0.15) is 0 Å². The van der Waals surface area contributed by atoms with Gasteiger partial charge in [0.25, 0.3) is 0 Å². The van der Waals surface area contributed by atoms with Gasteiger partial charge in [0.05, 0.1) is 0 Å². The van der Waals surface area contributed by atoms with Crippen molar-refractivity contribution in [2.24, 2.45) is 0 Å². The predicted octanol–water partition coefficient (Wildman–Crippen LogP) is 2.05. The molecule has 0 aliphatic heterocycles. The number of aryl methyl sites for hydroxylation is 1. The van der Waals surface area contributed by atoms with Crippen LogP contribution in [0, 0.1) is 0 Å². The maximum Gasteiger partial charge on any atom is 0.142 e. The number of aliphatic hydroxyl groups excluding tert-OH is 1. The van der Waals surface area contributed by atoms with Gasteiger partial charge >= 0.3 is 0 Å². The highest BCUT2D eigenvalue weighted by Gasteiger charge is 2.15. The molecular weight excluding hydrogens is 226 g/mol. The highest BCUT2D eigenvalue weighted by Crippen LogP contribution is 2.22. The summed E-state index contributed by atoms with van der Waals surface area (Å²) in [5.74, 6) is 0.690. The van der Waals surface area contributed by atoms with Gasteiger partial charge in [0.15, 0.2) is 0 Å². The molecule has 1 heterocycles. The van der Waals surface area contributed by atoms with E-state index in [0.29, 0.717) is 5.82 Å². The molecule has 1 N–H and O–H groups in total. The Bertz CT molecular complexity index is 502. The third-order valence-electron chi connectivity index (χ3n) is 3.06. The fourth-order valence-corrected chi connectivity index (χ4v) is 1.94. The minimum absolute atomic E-state index is 0.670. The molecule has 0 aliphatic carbocycles. The Morgan fingerprint density at radius 2 is 1.94 bits per heavy atom. The van der Waals surface area contributed by atoms with Crippen LogP contribution in [0.15, 0.2) is 36.7 Å². The Balaban J connectivity index is 2.26. The Morgan fingerprint density at radius 1 is 1.28 bits per heavy atom. The summed E-state index contributed by atoms with van der Waals surface area (Å²) in [6, 6.07) is 7.87. The number of aliphatic hydroxyl groups is 1. The molecule has 2 rings (SSSR count). The van der Waals surface area contributed by atoms with E-state index >= 15 is 0 Å². The van der Waals surface area contributed by atoms with Gasteiger partial charge in [0.2, 0.25) is 0 Å². The first-order valence-electron chi connectivity index (χ1n) is 6.10. The van der Waals surface area contributed by atoms with E-state index in [-0.39, 0.29) is 0 Å². The van der Waals surface area contributed by atoms with Crippen molar-refractivity contribution in [2.75, 3.05) is 19.0 Å². The summed E-state index contributed by atoms with van der Waals surface area (Å²) in [6.07, 6.45) is 2.93. The van der Waals surface area contributed by atoms with Crippen molar-refractivity contribution in [3.63, 3.8) is 0 Å². The van der Waals surface area contributed by atoms with Crippen LogP contribution in [-0.4, -0.2) is 28.8 Å². The lowest BCUT2D eigenvalue weighted by molar-refractivity contribution is 0.205. The molecule has 96 valence electrons. The van der Waals surface area contributed by atoms with Crippen LogP contribution < -0.4 is 4.90 Å². The highest BCUT2D eigenvalue weighted by atomic mass is 16.3. The topological polar surface area (TPSA) is 41.3 Å². The van der Waals surface area contributed by atoms with E-state index in [1.807, 2.05) is 60.9 Å². The lowest BCUT2D eigenvalue weighted by atomic mass is 10.1. The van der Waals surface area contributed by atoms with E-state index in [1.165, 1.54) is 0 Å². The molecular formula is C14H19N3O. The molecule has 0 saturated carbocycles. The number of anilines is 1. The number of rotatable bonds is 4. The number of nitrogens with zero attached hydrogens (tertiary/aromatic N) is 3. The van der Waals surface area contributed by atoms with Crippen molar-refractivity contribution in [1.82, 2.24) is 9.55 Å². The average Bonchev–Trinajstić information content (AvgIpc) is 2.86. The van der Waals surface area contributed by atoms with Crippen LogP contribution in [-0.2, 0) is 6.54 Å². The first kappa shape index (κ1) is 12.6. The molecule has 0 fully saturated rings. The molecule has 2 aromatic rings. The van der Waals surface area contributed by atoms with Gasteiger partial charge in [0.1, 0.15) is 11.9 Å². The van der Waals surface area contributed by atoms with E-state index in [1.54, 1.807) is 6.20 Å². The van der Waals surface area contributed by atoms with Crippen molar-refractivity contribution in [3.05, 3.63) is 48.0 Å². The average molecular weight is 245 g/mol. The molecule has 0 bridgehead atoms. The summed E-state index contributed by atoms with van der Waals surface area (Å²) < 4.78 is 1.95. The van der Waals surface area contributed by atoms with E-state index in [9.17, 15) is 5.11 Å². The summed E-state index contributed by atoms with van der Waals surface area (Å²) in [5.41, 5.74) is 1.98. The van der Waals surface area contributed by atoms with Crippen molar-refractivity contribution < 1.29 is 5.11 Å². The molecule has 1 aromatic heterocycles. The van der Waals surface area contributed by atoms with Crippen LogP contribution in [0.5, 0.6) is 0 Å². The normalized spacial score (nSPS) is 12.4. The summed E-state index contributed by atoms with van der Waals surface area (Å²) in [5, 5.41) is 10.3. The smallest absolute Gasteiger partial charge is 0.142 e. The van der Waals surface area contributed by atoms with Crippen LogP contribution in [0.2, 0.25) is 0 Å². The van der Waals surface area contributed by atoms with Crippen molar-refractivity contribution in [2.45, 2.75) is 19.6 Å². The second-order valence-corrected chi connectivity index (χ2v) is 4.46. The van der Waals surface area contributed by atoms with Gasteiger partial charge in [0, 0.05) is 38.7 Å². The molecule has 18 heavy (non-hydrogen) atoms. The summed E-state index contributed by atoms with van der Waals surface area (Å²) in [6.45, 7) is 2.84. The Hall–Kier alpha value is -1.81. The Labute approximate surface area is 108 Å². The number of aromatic nitrogens is 2. The Kier molecular flexibility index (Phi) is 3.67. The summed E-state index contributed by atoms with van der Waals surface area (Å²) in [4.78, 5) is 6.25. The van der Waals surface area contributed by atoms with Gasteiger partial charge < -0.3 is 14.6 Å². The minimum Gasteiger partial charge on any atom is -0.380 e. The Morgan fingerprint density at radius 3 is 2.50 bits per heavy atom. The standard InChI is InChI=1S/C14H19N3O/c1-4-17-10-9-15-14(17)13(18)11-5-7-12(8-6-11)16(2)3/h5-10,13,18H,4H2,1-3H3/t13-/m0/s1. The van der Waals surface area contributed by atoms with Gasteiger partial charge in [-0.3, -0.25) is 0 Å². The van der Waals surface area contributed by atoms with Gasteiger partial charge in [-0.1, -0.05) is 12.1 Å². The fourth-order valence-electron chi connectivity index (χ4n) is 1.94. The maximum atomic E-state index is 10.3. The maximum absolute atomic E-state index is 10.3. The van der Waals surface area contributed by atoms with Crippen molar-refractivity contribution in [1.29, 1.82) is 0 Å². The SMILES string of the molecule is CCn1ccnc1[C@@H](O)c1ccc(N(C)C)cc1. The molecule has 0 saturated heterocycles. The lowest BCUT2D eigenvalue weighted by Crippen LogP contribution is -2.10. The second-order valence-electron chi connectivity index (χ2n) is 4.46. The quantitative estimate of drug-likeness (QED) is 0.896. The molecule has 0 amide bonds. The van der Waals surface area contributed by atoms with Crippen LogP contribution >= 0.6 is 0 Å². The van der Waals surface area contributed by atoms with Crippen LogP contribution in [0.25, 0.3) is 0 Å². The van der Waals surface area contributed by atoms with Gasteiger partial charge in [-0.25, -0.2) is 4.98 Å². The van der Waals surface area contributed by atoms with E-state index < -0.39 is 6.10 Å². The van der Waals surface area contributed by atoms with E-state index in [4.69, 9.17) is 0 Å². The number of hydrogen-bond acceptors (Lipinski definition) is 3. The zero-order chi connectivity index (χ0) is 13.1. The number of benzene rings is 1. The molecule has 0 radical (unpaired) electrons. The van der Waals surface area contributed by atoms with Crippen LogP contribution in [0.4, 0.5) is 5.69 Å². The largest absolute Gasteiger partial charge is 0.380 e. The van der Waals surface area contributed by atoms with Crippen LogP contribution in [0.1, 0.15) is 24.4 Å². The zero-order valence-electron chi connectivity index (χ0n) is 11.0. The van der Waals surface area contributed by atoms with E-state index in [0.717, 1.165) is 17.8 Å². The molecule has 4 nitrogen and oxygen atoms in total. The minimum atomic E-state index is -0.670. The third kappa shape index (κ3) is 2.38. The third-order valence-corrected chi connectivity index (χ3v) is 3.06. The zero-order valence-corrected chi connectivity index (χ0v) is 11.0. The molecule has 1 aromatic carbocycles. The van der Waals surface area contributed by atoms with E-state index in [2.05, 4.69) is 4.98 Å². The number of imidazole rings is 1. The number of hydrogen-bond donors (Lipinski definition) is 1. The monoisotopic (exact) mass is 245 g/mol. The molecule has 4 heteroatoms. The summed E-state index contributed by atoms with van der Waals surface area (Å²) >= 11 is 0. The van der Waals surface area contributed by atoms with Crippen molar-refractivity contribution in [3.8, 4) is 0 Å². The molecule has 1 atom stereocenters. The van der Waals surface area contributed by atoms with Gasteiger partial charge in [-0.05, 0) is 24.6 Å². The predicted molar refractivity (Wildman–Crippen MR) is 72.7 cm³/mol. The second kappa shape index (κ2) is 5.23. The molecule has 0 spiro atoms. The highest BCUT2D eigenvalue weighted by molar-refractivity contribution is 5.46. The lowest BCUT2D eigenvalue weighted by Gasteiger charge is -2.15. The summed E-state index contributed by atoms with van der Waals surface area (Å²) in [7, 11) is 3.99. The van der Waals surface area contributed by atoms with Crippen molar-refractivity contribution >= 4 is 5.69 Å². The molecule has 0 unspecified atom stereocenters. The van der Waals surface area contributed by atoms with Gasteiger partial charge in [-0.15, -0.1) is 0 Å².